The van der Waals surface area contributed by atoms with Gasteiger partial charge in [-0.3, -0.25) is 4.39 Å². The van der Waals surface area contributed by atoms with Crippen LogP contribution in [0.25, 0.3) is 0 Å². The lowest BCUT2D eigenvalue weighted by atomic mass is 9.67. The molecule has 6 heteroatoms. The number of methoxy groups -OCH3 is 1. The van der Waals surface area contributed by atoms with Gasteiger partial charge in [-0.1, -0.05) is 74.1 Å². The monoisotopic (exact) mass is 665 g/mol. The topological polar surface area (TPSA) is 29.5 Å². The average molecular weight is 665 g/mol. The van der Waals surface area contributed by atoms with E-state index in [2.05, 4.69) is 27.7 Å². The maximum absolute atomic E-state index is 12.6. The molecule has 2 nitrogen and oxygen atoms in total. The van der Waals surface area contributed by atoms with Crippen molar-refractivity contribution < 1.29 is 27.4 Å². The zero-order valence-electron chi connectivity index (χ0n) is 31.6. The van der Waals surface area contributed by atoms with Gasteiger partial charge in [-0.25, -0.2) is 13.2 Å². The maximum Gasteiger partial charge on any atom is 0.244 e. The van der Waals surface area contributed by atoms with Gasteiger partial charge in [-0.2, -0.15) is 0 Å². The summed E-state index contributed by atoms with van der Waals surface area (Å²) in [4.78, 5) is 0. The molecule has 0 aliphatic heterocycles. The van der Waals surface area contributed by atoms with Gasteiger partial charge < -0.3 is 9.84 Å². The van der Waals surface area contributed by atoms with Crippen LogP contribution < -0.4 is 0 Å². The van der Waals surface area contributed by atoms with Crippen LogP contribution in [0.5, 0.6) is 0 Å². The minimum atomic E-state index is -2.09. The van der Waals surface area contributed by atoms with Gasteiger partial charge in [0.2, 0.25) is 6.43 Å². The molecule has 0 aromatic carbocycles. The van der Waals surface area contributed by atoms with E-state index in [1.54, 1.807) is 0 Å². The highest BCUT2D eigenvalue weighted by Crippen LogP contribution is 2.48. The first kappa shape index (κ1) is 43.7. The smallest absolute Gasteiger partial charge is 0.244 e. The van der Waals surface area contributed by atoms with E-state index in [4.69, 9.17) is 4.74 Å². The second-order valence-corrected chi connectivity index (χ2v) is 16.1. The lowest BCUT2D eigenvalue weighted by Gasteiger charge is -2.40. The second kappa shape index (κ2) is 20.3. The molecule has 1 N–H and O–H groups in total. The highest BCUT2D eigenvalue weighted by molar-refractivity contribution is 4.89. The molecule has 6 rings (SSSR count). The molecular weight excluding hydrogens is 588 g/mol. The van der Waals surface area contributed by atoms with Crippen molar-refractivity contribution in [3.8, 4) is 0 Å². The van der Waals surface area contributed by atoms with E-state index >= 15 is 0 Å². The van der Waals surface area contributed by atoms with Crippen LogP contribution in [0.3, 0.4) is 0 Å². The molecule has 0 heterocycles. The molecule has 0 aromatic heterocycles. The maximum atomic E-state index is 12.6. The van der Waals surface area contributed by atoms with Crippen molar-refractivity contribution in [1.29, 1.82) is 0 Å². The first-order chi connectivity index (χ1) is 21.7. The summed E-state index contributed by atoms with van der Waals surface area (Å²) >= 11 is 0. The summed E-state index contributed by atoms with van der Waals surface area (Å²) in [6.07, 6.45) is 24.1. The fraction of sp³-hybridized carbons (Fsp3) is 1.00. The van der Waals surface area contributed by atoms with Crippen LogP contribution in [0, 0.1) is 16.2 Å². The summed E-state index contributed by atoms with van der Waals surface area (Å²) in [6, 6.07) is 0. The Balaban J connectivity index is 0.000000277. The van der Waals surface area contributed by atoms with Crippen molar-refractivity contribution in [2.24, 2.45) is 16.2 Å². The molecular formula is C40H76F4O2. The number of alkyl halides is 4. The molecule has 0 bridgehead atoms. The van der Waals surface area contributed by atoms with Gasteiger partial charge >= 0.3 is 0 Å². The van der Waals surface area contributed by atoms with Crippen molar-refractivity contribution >= 4 is 0 Å². The Hall–Kier alpha value is -0.360. The highest BCUT2D eigenvalue weighted by atomic mass is 19.3. The van der Waals surface area contributed by atoms with Crippen molar-refractivity contribution in [1.82, 2.24) is 0 Å². The molecule has 0 unspecified atom stereocenters. The molecule has 6 saturated carbocycles. The van der Waals surface area contributed by atoms with Crippen LogP contribution in [0.15, 0.2) is 0 Å². The van der Waals surface area contributed by atoms with Crippen LogP contribution in [-0.2, 0) is 4.74 Å². The summed E-state index contributed by atoms with van der Waals surface area (Å²) in [5, 5.41) is 9.22. The number of aliphatic hydroxyl groups is 1. The van der Waals surface area contributed by atoms with Crippen molar-refractivity contribution in [3.63, 3.8) is 0 Å². The Morgan fingerprint density at radius 1 is 0.587 bits per heavy atom. The minimum Gasteiger partial charge on any atom is -0.390 e. The molecule has 276 valence electrons. The lowest BCUT2D eigenvalue weighted by Crippen LogP contribution is -2.37. The van der Waals surface area contributed by atoms with Gasteiger partial charge in [-0.05, 0) is 139 Å². The number of ether oxygens (including phenoxy) is 1. The first-order valence-electron chi connectivity index (χ1n) is 19.5. The summed E-state index contributed by atoms with van der Waals surface area (Å²) < 4.78 is 54.3. The summed E-state index contributed by atoms with van der Waals surface area (Å²) in [7, 11) is 1.82. The number of halogens is 4. The van der Waals surface area contributed by atoms with E-state index in [0.717, 1.165) is 82.5 Å². The largest absolute Gasteiger partial charge is 0.390 e. The van der Waals surface area contributed by atoms with E-state index < -0.39 is 17.5 Å². The van der Waals surface area contributed by atoms with E-state index in [9.17, 15) is 22.7 Å². The predicted octanol–water partition coefficient (Wildman–Crippen LogP) is 13.5. The third-order valence-corrected chi connectivity index (χ3v) is 13.5. The number of hydrogen-bond donors (Lipinski definition) is 1. The van der Waals surface area contributed by atoms with Crippen molar-refractivity contribution in [2.45, 2.75) is 226 Å². The molecule has 0 radical (unpaired) electrons. The van der Waals surface area contributed by atoms with Gasteiger partial charge in [0.05, 0.1) is 17.9 Å². The molecule has 46 heavy (non-hydrogen) atoms. The average Bonchev–Trinajstić information content (AvgIpc) is 2.95. The van der Waals surface area contributed by atoms with Gasteiger partial charge in [0, 0.05) is 12.5 Å². The summed E-state index contributed by atoms with van der Waals surface area (Å²) in [5.74, 6) is 0. The van der Waals surface area contributed by atoms with Gasteiger partial charge in [-0.15, -0.1) is 0 Å². The van der Waals surface area contributed by atoms with E-state index in [-0.39, 0.29) is 17.7 Å². The molecule has 0 aromatic rings. The molecule has 6 aliphatic carbocycles. The molecule has 6 aliphatic rings. The third-order valence-electron chi connectivity index (χ3n) is 13.5. The van der Waals surface area contributed by atoms with Gasteiger partial charge in [0.15, 0.2) is 0 Å². The molecule has 6 fully saturated rings. The fourth-order valence-corrected chi connectivity index (χ4v) is 6.87. The predicted molar refractivity (Wildman–Crippen MR) is 188 cm³/mol. The Labute approximate surface area is 283 Å². The van der Waals surface area contributed by atoms with Crippen molar-refractivity contribution in [3.05, 3.63) is 0 Å². The standard InChI is InChI=1S/C7H12F2.C7H13F.C7H14O.C7H14.C6H11F.C6H12O/c1-2-7(6(8)9)4-3-5-7;1-2-7(6-8)4-3-5-7;1-3-7(8-2)5-4-6-7;1-3-7(2)5-4-6-7;2*1-2-6(7)4-3-5-6/h6H,2-5H2,1H3;2-6H2,1H3;3-6H2,1-2H3;3-6H2,1-2H3;2-5H2,1H3;7H,2-5H2,1H3. The van der Waals surface area contributed by atoms with Crippen molar-refractivity contribution in [2.75, 3.05) is 13.8 Å². The normalized spacial score (nSPS) is 25.4. The van der Waals surface area contributed by atoms with E-state index in [1.165, 1.54) is 64.2 Å². The molecule has 0 amide bonds. The lowest BCUT2D eigenvalue weighted by molar-refractivity contribution is -0.0739. The van der Waals surface area contributed by atoms with Crippen LogP contribution >= 0.6 is 0 Å². The molecule has 0 spiro atoms. The fourth-order valence-electron chi connectivity index (χ4n) is 6.87. The van der Waals surface area contributed by atoms with Gasteiger partial charge in [0.25, 0.3) is 0 Å². The zero-order chi connectivity index (χ0) is 35.0. The SMILES string of the molecule is CCC1(C(F)F)CCC1.CCC1(C)CCC1.CCC1(CF)CCC1.CCC1(F)CCC1.CCC1(O)CCC1.CCC1(OC)CCC1. The van der Waals surface area contributed by atoms with Gasteiger partial charge in [0.1, 0.15) is 5.67 Å². The highest BCUT2D eigenvalue weighted by Gasteiger charge is 2.43. The zero-order valence-corrected chi connectivity index (χ0v) is 31.6. The minimum absolute atomic E-state index is 0.0938. The molecule has 0 atom stereocenters. The van der Waals surface area contributed by atoms with E-state index in [0.29, 0.717) is 18.4 Å². The van der Waals surface area contributed by atoms with Crippen LogP contribution in [0.1, 0.15) is 203 Å². The van der Waals surface area contributed by atoms with Crippen LogP contribution in [0.4, 0.5) is 17.6 Å². The Kier molecular flexibility index (Phi) is 19.3. The third kappa shape index (κ3) is 13.2. The number of hydrogen-bond acceptors (Lipinski definition) is 2. The van der Waals surface area contributed by atoms with Crippen LogP contribution in [0.2, 0.25) is 0 Å². The Morgan fingerprint density at radius 2 is 1.07 bits per heavy atom. The van der Waals surface area contributed by atoms with Crippen LogP contribution in [-0.4, -0.2) is 42.2 Å². The quantitative estimate of drug-likeness (QED) is 0.249. The summed E-state index contributed by atoms with van der Waals surface area (Å²) in [5.41, 5.74) is -0.333. The Morgan fingerprint density at radius 3 is 1.07 bits per heavy atom. The summed E-state index contributed by atoms with van der Waals surface area (Å²) in [6.45, 7) is 14.7. The molecule has 0 saturated heterocycles. The number of rotatable bonds is 9. The Bertz CT molecular complexity index is 658. The first-order valence-corrected chi connectivity index (χ1v) is 19.5. The van der Waals surface area contributed by atoms with E-state index in [1.807, 2.05) is 27.9 Å². The second-order valence-electron chi connectivity index (χ2n) is 16.1.